The number of anilines is 1. The number of hydrogen-bond acceptors (Lipinski definition) is 2. The lowest BCUT2D eigenvalue weighted by molar-refractivity contribution is -0.117. The standard InChI is InChI=1S/C9H8FIN2OS/c1-5(14)12-9(15)13-8-3-2-6(11)4-7(8)10/h2-4H,1H3,(H2,12,13,14,15). The lowest BCUT2D eigenvalue weighted by Gasteiger charge is -2.08. The highest BCUT2D eigenvalue weighted by molar-refractivity contribution is 14.1. The summed E-state index contributed by atoms with van der Waals surface area (Å²) in [5, 5.41) is 5.02. The minimum atomic E-state index is -0.408. The van der Waals surface area contributed by atoms with Crippen molar-refractivity contribution in [2.24, 2.45) is 0 Å². The van der Waals surface area contributed by atoms with Crippen LogP contribution in [0.2, 0.25) is 0 Å². The predicted molar refractivity (Wildman–Crippen MR) is 69.2 cm³/mol. The maximum absolute atomic E-state index is 13.3. The highest BCUT2D eigenvalue weighted by Crippen LogP contribution is 2.16. The predicted octanol–water partition coefficient (Wildman–Crippen LogP) is 2.26. The van der Waals surface area contributed by atoms with Gasteiger partial charge in [-0.3, -0.25) is 4.79 Å². The molecule has 0 bridgehead atoms. The minimum absolute atomic E-state index is 0.0857. The molecule has 0 aliphatic carbocycles. The zero-order valence-electron chi connectivity index (χ0n) is 7.80. The van der Waals surface area contributed by atoms with Crippen molar-refractivity contribution in [1.29, 1.82) is 0 Å². The number of carbonyl (C=O) groups is 1. The average Bonchev–Trinajstić information content (AvgIpc) is 2.08. The van der Waals surface area contributed by atoms with Crippen LogP contribution in [0.3, 0.4) is 0 Å². The normalized spacial score (nSPS) is 9.53. The highest BCUT2D eigenvalue weighted by atomic mass is 127. The molecule has 2 N–H and O–H groups in total. The first-order valence-electron chi connectivity index (χ1n) is 4.02. The Morgan fingerprint density at radius 3 is 2.73 bits per heavy atom. The minimum Gasteiger partial charge on any atom is -0.330 e. The Kier molecular flexibility index (Phi) is 4.40. The molecular formula is C9H8FIN2OS. The highest BCUT2D eigenvalue weighted by Gasteiger charge is 2.05. The second-order valence-electron chi connectivity index (χ2n) is 2.76. The molecule has 0 aliphatic heterocycles. The van der Waals surface area contributed by atoms with Crippen molar-refractivity contribution in [1.82, 2.24) is 5.32 Å². The molecule has 0 spiro atoms. The molecule has 3 nitrogen and oxygen atoms in total. The molecule has 0 atom stereocenters. The Morgan fingerprint density at radius 1 is 1.53 bits per heavy atom. The van der Waals surface area contributed by atoms with Crippen molar-refractivity contribution in [3.63, 3.8) is 0 Å². The Morgan fingerprint density at radius 2 is 2.20 bits per heavy atom. The van der Waals surface area contributed by atoms with E-state index in [0.717, 1.165) is 3.57 Å². The molecule has 0 aromatic heterocycles. The molecule has 1 rings (SSSR count). The lowest BCUT2D eigenvalue weighted by Crippen LogP contribution is -2.32. The number of nitrogens with one attached hydrogen (secondary N) is 2. The quantitative estimate of drug-likeness (QED) is 0.610. The summed E-state index contributed by atoms with van der Waals surface area (Å²) in [6.45, 7) is 1.33. The van der Waals surface area contributed by atoms with E-state index in [0.29, 0.717) is 0 Å². The van der Waals surface area contributed by atoms with Crippen LogP contribution < -0.4 is 10.6 Å². The van der Waals surface area contributed by atoms with Gasteiger partial charge in [0.25, 0.3) is 0 Å². The zero-order chi connectivity index (χ0) is 11.4. The molecule has 1 aromatic rings. The Labute approximate surface area is 106 Å². The molecule has 0 fully saturated rings. The van der Waals surface area contributed by atoms with E-state index in [2.05, 4.69) is 10.6 Å². The van der Waals surface area contributed by atoms with E-state index in [1.807, 2.05) is 22.6 Å². The third-order valence-electron chi connectivity index (χ3n) is 1.47. The third kappa shape index (κ3) is 4.08. The first-order valence-corrected chi connectivity index (χ1v) is 5.51. The summed E-state index contributed by atoms with van der Waals surface area (Å²) in [5.41, 5.74) is 0.245. The first-order chi connectivity index (χ1) is 6.99. The lowest BCUT2D eigenvalue weighted by atomic mass is 10.3. The molecular weight excluding hydrogens is 330 g/mol. The fourth-order valence-corrected chi connectivity index (χ4v) is 1.61. The van der Waals surface area contributed by atoms with Crippen molar-refractivity contribution < 1.29 is 9.18 Å². The van der Waals surface area contributed by atoms with Gasteiger partial charge in [0.15, 0.2) is 5.11 Å². The first kappa shape index (κ1) is 12.3. The van der Waals surface area contributed by atoms with Gasteiger partial charge in [-0.25, -0.2) is 4.39 Å². The summed E-state index contributed by atoms with van der Waals surface area (Å²) in [5.74, 6) is -0.701. The van der Waals surface area contributed by atoms with E-state index in [4.69, 9.17) is 12.2 Å². The van der Waals surface area contributed by atoms with Gasteiger partial charge in [-0.15, -0.1) is 0 Å². The molecule has 0 saturated carbocycles. The largest absolute Gasteiger partial charge is 0.330 e. The van der Waals surface area contributed by atoms with Gasteiger partial charge in [-0.2, -0.15) is 0 Å². The summed E-state index contributed by atoms with van der Waals surface area (Å²) in [6, 6.07) is 4.67. The molecule has 0 radical (unpaired) electrons. The van der Waals surface area contributed by atoms with E-state index in [1.54, 1.807) is 12.1 Å². The van der Waals surface area contributed by atoms with Crippen LogP contribution in [-0.4, -0.2) is 11.0 Å². The van der Waals surface area contributed by atoms with Gasteiger partial charge in [-0.1, -0.05) is 0 Å². The summed E-state index contributed by atoms with van der Waals surface area (Å²) in [4.78, 5) is 10.6. The van der Waals surface area contributed by atoms with Crippen LogP contribution in [0.4, 0.5) is 10.1 Å². The van der Waals surface area contributed by atoms with E-state index < -0.39 is 5.82 Å². The van der Waals surface area contributed by atoms with Gasteiger partial charge in [0, 0.05) is 10.5 Å². The summed E-state index contributed by atoms with van der Waals surface area (Å²) >= 11 is 6.80. The topological polar surface area (TPSA) is 41.1 Å². The molecule has 15 heavy (non-hydrogen) atoms. The zero-order valence-corrected chi connectivity index (χ0v) is 10.8. The Hall–Kier alpha value is -0.760. The monoisotopic (exact) mass is 338 g/mol. The molecule has 0 saturated heterocycles. The van der Waals surface area contributed by atoms with Gasteiger partial charge < -0.3 is 10.6 Å². The Bertz CT molecular complexity index is 411. The summed E-state index contributed by atoms with van der Waals surface area (Å²) in [7, 11) is 0. The smallest absolute Gasteiger partial charge is 0.222 e. The fourth-order valence-electron chi connectivity index (χ4n) is 0.904. The van der Waals surface area contributed by atoms with Gasteiger partial charge in [0.05, 0.1) is 5.69 Å². The number of carbonyl (C=O) groups excluding carboxylic acids is 1. The van der Waals surface area contributed by atoms with Crippen molar-refractivity contribution in [3.05, 3.63) is 27.6 Å². The van der Waals surface area contributed by atoms with Crippen molar-refractivity contribution >= 4 is 51.5 Å². The second kappa shape index (κ2) is 5.36. The molecule has 1 amide bonds. The number of hydrogen-bond donors (Lipinski definition) is 2. The number of halogens is 2. The maximum Gasteiger partial charge on any atom is 0.222 e. The number of benzene rings is 1. The molecule has 0 unspecified atom stereocenters. The fraction of sp³-hybridized carbons (Fsp3) is 0.111. The van der Waals surface area contributed by atoms with Crippen LogP contribution in [0.15, 0.2) is 18.2 Å². The third-order valence-corrected chi connectivity index (χ3v) is 2.34. The van der Waals surface area contributed by atoms with E-state index in [1.165, 1.54) is 13.0 Å². The van der Waals surface area contributed by atoms with E-state index >= 15 is 0 Å². The van der Waals surface area contributed by atoms with Crippen molar-refractivity contribution in [2.45, 2.75) is 6.92 Å². The Balaban J connectivity index is 2.72. The summed E-state index contributed by atoms with van der Waals surface area (Å²) < 4.78 is 14.1. The van der Waals surface area contributed by atoms with Crippen LogP contribution in [0, 0.1) is 9.39 Å². The molecule has 1 aromatic carbocycles. The van der Waals surface area contributed by atoms with Gasteiger partial charge in [0.1, 0.15) is 5.82 Å². The number of amides is 1. The van der Waals surface area contributed by atoms with Crippen LogP contribution in [0.1, 0.15) is 6.92 Å². The van der Waals surface area contributed by atoms with Gasteiger partial charge >= 0.3 is 0 Å². The average molecular weight is 338 g/mol. The summed E-state index contributed by atoms with van der Waals surface area (Å²) in [6.07, 6.45) is 0. The van der Waals surface area contributed by atoms with Crippen molar-refractivity contribution in [2.75, 3.05) is 5.32 Å². The van der Waals surface area contributed by atoms with Crippen LogP contribution in [-0.2, 0) is 4.79 Å². The van der Waals surface area contributed by atoms with E-state index in [-0.39, 0.29) is 16.7 Å². The van der Waals surface area contributed by atoms with E-state index in [9.17, 15) is 9.18 Å². The SMILES string of the molecule is CC(=O)NC(=S)Nc1ccc(I)cc1F. The number of rotatable bonds is 1. The van der Waals surface area contributed by atoms with Crippen LogP contribution in [0.25, 0.3) is 0 Å². The van der Waals surface area contributed by atoms with Crippen LogP contribution in [0.5, 0.6) is 0 Å². The molecule has 0 aliphatic rings. The molecule has 0 heterocycles. The number of thiocarbonyl (C=S) groups is 1. The second-order valence-corrected chi connectivity index (χ2v) is 4.41. The molecule has 80 valence electrons. The molecule has 6 heteroatoms. The van der Waals surface area contributed by atoms with Gasteiger partial charge in [-0.05, 0) is 53.0 Å². The van der Waals surface area contributed by atoms with Gasteiger partial charge in [0.2, 0.25) is 5.91 Å². The van der Waals surface area contributed by atoms with Crippen LogP contribution >= 0.6 is 34.8 Å². The maximum atomic E-state index is 13.3. The van der Waals surface area contributed by atoms with Crippen molar-refractivity contribution in [3.8, 4) is 0 Å².